The van der Waals surface area contributed by atoms with Crippen LogP contribution in [0.3, 0.4) is 0 Å². The van der Waals surface area contributed by atoms with Gasteiger partial charge in [-0.25, -0.2) is 0 Å². The number of amides is 2. The zero-order valence-electron chi connectivity index (χ0n) is 9.90. The Bertz CT molecular complexity index is 443. The maximum atomic E-state index is 12.2. The lowest BCUT2D eigenvalue weighted by molar-refractivity contribution is -0.121. The molecular weight excluding hydrogens is 216 g/mol. The van der Waals surface area contributed by atoms with Crippen LogP contribution in [0.4, 0.5) is 0 Å². The first kappa shape index (κ1) is 11.6. The minimum Gasteiger partial charge on any atom is -0.354 e. The molecule has 0 atom stereocenters. The van der Waals surface area contributed by atoms with Gasteiger partial charge in [0, 0.05) is 18.7 Å². The smallest absolute Gasteiger partial charge is 0.254 e. The Labute approximate surface area is 101 Å². The average molecular weight is 232 g/mol. The zero-order chi connectivity index (χ0) is 12.3. The first-order valence-corrected chi connectivity index (χ1v) is 5.79. The van der Waals surface area contributed by atoms with Crippen LogP contribution in [0.1, 0.15) is 22.3 Å². The number of nitrogens with one attached hydrogen (secondary N) is 1. The molecule has 0 unspecified atom stereocenters. The molecule has 0 aliphatic carbocycles. The van der Waals surface area contributed by atoms with Crippen LogP contribution in [0.25, 0.3) is 0 Å². The fourth-order valence-electron chi connectivity index (χ4n) is 1.94. The Balaban J connectivity index is 2.16. The monoisotopic (exact) mass is 232 g/mol. The largest absolute Gasteiger partial charge is 0.354 e. The number of hydrogen-bond acceptors (Lipinski definition) is 2. The van der Waals surface area contributed by atoms with E-state index in [4.69, 9.17) is 0 Å². The van der Waals surface area contributed by atoms with Gasteiger partial charge in [-0.3, -0.25) is 9.59 Å². The minimum absolute atomic E-state index is 0.0641. The third-order valence-electron chi connectivity index (χ3n) is 2.81. The molecule has 0 radical (unpaired) electrons. The van der Waals surface area contributed by atoms with Gasteiger partial charge in [0.15, 0.2) is 0 Å². The minimum atomic E-state index is -0.0801. The summed E-state index contributed by atoms with van der Waals surface area (Å²) in [5.74, 6) is -0.144. The first-order valence-electron chi connectivity index (χ1n) is 5.79. The van der Waals surface area contributed by atoms with Crippen molar-refractivity contribution in [2.75, 3.05) is 19.6 Å². The molecule has 0 bridgehead atoms. The highest BCUT2D eigenvalue weighted by Gasteiger charge is 2.20. The van der Waals surface area contributed by atoms with Crippen molar-refractivity contribution in [1.29, 1.82) is 0 Å². The molecule has 1 aliphatic rings. The Morgan fingerprint density at radius 2 is 2.24 bits per heavy atom. The van der Waals surface area contributed by atoms with Gasteiger partial charge in [-0.2, -0.15) is 0 Å². The van der Waals surface area contributed by atoms with E-state index in [0.717, 1.165) is 12.0 Å². The van der Waals surface area contributed by atoms with E-state index in [1.807, 2.05) is 25.1 Å². The predicted octanol–water partition coefficient (Wildman–Crippen LogP) is 0.957. The summed E-state index contributed by atoms with van der Waals surface area (Å²) in [6, 6.07) is 7.45. The highest BCUT2D eigenvalue weighted by Crippen LogP contribution is 2.09. The van der Waals surface area contributed by atoms with Crippen LogP contribution in [0.2, 0.25) is 0 Å². The standard InChI is InChI=1S/C13H16N2O2/c1-10-4-2-5-11(8-10)13(17)15-7-3-6-14-12(16)9-15/h2,4-5,8H,3,6-7,9H2,1H3,(H,14,16). The molecule has 0 saturated carbocycles. The molecule has 1 aromatic rings. The molecule has 1 aromatic carbocycles. The molecule has 1 N–H and O–H groups in total. The second kappa shape index (κ2) is 4.99. The summed E-state index contributed by atoms with van der Waals surface area (Å²) >= 11 is 0. The molecular formula is C13H16N2O2. The number of benzene rings is 1. The highest BCUT2D eigenvalue weighted by molar-refractivity contribution is 5.96. The molecule has 2 rings (SSSR count). The van der Waals surface area contributed by atoms with Crippen LogP contribution in [0.15, 0.2) is 24.3 Å². The van der Waals surface area contributed by atoms with E-state index in [0.29, 0.717) is 18.7 Å². The van der Waals surface area contributed by atoms with Gasteiger partial charge in [0.25, 0.3) is 5.91 Å². The highest BCUT2D eigenvalue weighted by atomic mass is 16.2. The van der Waals surface area contributed by atoms with Crippen LogP contribution in [-0.4, -0.2) is 36.3 Å². The fourth-order valence-corrected chi connectivity index (χ4v) is 1.94. The maximum Gasteiger partial charge on any atom is 0.254 e. The van der Waals surface area contributed by atoms with Crippen LogP contribution in [0, 0.1) is 6.92 Å². The lowest BCUT2D eigenvalue weighted by Gasteiger charge is -2.19. The van der Waals surface area contributed by atoms with Crippen molar-refractivity contribution in [2.45, 2.75) is 13.3 Å². The third kappa shape index (κ3) is 2.84. The number of carbonyl (C=O) groups is 2. The van der Waals surface area contributed by atoms with E-state index in [2.05, 4.69) is 5.32 Å². The lowest BCUT2D eigenvalue weighted by Crippen LogP contribution is -2.37. The summed E-state index contributed by atoms with van der Waals surface area (Å²) in [6.45, 7) is 3.39. The van der Waals surface area contributed by atoms with Crippen LogP contribution in [0.5, 0.6) is 0 Å². The van der Waals surface area contributed by atoms with Crippen molar-refractivity contribution in [1.82, 2.24) is 10.2 Å². The normalized spacial score (nSPS) is 16.3. The Morgan fingerprint density at radius 3 is 3.00 bits per heavy atom. The van der Waals surface area contributed by atoms with E-state index in [1.54, 1.807) is 11.0 Å². The van der Waals surface area contributed by atoms with Crippen molar-refractivity contribution >= 4 is 11.8 Å². The second-order valence-electron chi connectivity index (χ2n) is 4.30. The van der Waals surface area contributed by atoms with Gasteiger partial charge in [0.05, 0.1) is 6.54 Å². The maximum absolute atomic E-state index is 12.2. The number of hydrogen-bond donors (Lipinski definition) is 1. The quantitative estimate of drug-likeness (QED) is 0.784. The van der Waals surface area contributed by atoms with Gasteiger partial charge in [-0.05, 0) is 25.5 Å². The van der Waals surface area contributed by atoms with Crippen molar-refractivity contribution in [3.63, 3.8) is 0 Å². The molecule has 2 amide bonds. The Kier molecular flexibility index (Phi) is 3.42. The first-order chi connectivity index (χ1) is 8.16. The predicted molar refractivity (Wildman–Crippen MR) is 64.7 cm³/mol. The van der Waals surface area contributed by atoms with Crippen LogP contribution < -0.4 is 5.32 Å². The van der Waals surface area contributed by atoms with E-state index >= 15 is 0 Å². The summed E-state index contributed by atoms with van der Waals surface area (Å²) in [7, 11) is 0. The van der Waals surface area contributed by atoms with Gasteiger partial charge in [0.2, 0.25) is 5.91 Å². The molecule has 1 heterocycles. The summed E-state index contributed by atoms with van der Waals surface area (Å²) < 4.78 is 0. The molecule has 90 valence electrons. The summed E-state index contributed by atoms with van der Waals surface area (Å²) in [4.78, 5) is 25.2. The molecule has 0 aromatic heterocycles. The van der Waals surface area contributed by atoms with Crippen molar-refractivity contribution in [2.24, 2.45) is 0 Å². The number of nitrogens with zero attached hydrogens (tertiary/aromatic N) is 1. The topological polar surface area (TPSA) is 49.4 Å². The van der Waals surface area contributed by atoms with Gasteiger partial charge in [0.1, 0.15) is 0 Å². The van der Waals surface area contributed by atoms with E-state index < -0.39 is 0 Å². The molecule has 4 nitrogen and oxygen atoms in total. The number of rotatable bonds is 1. The molecule has 1 fully saturated rings. The van der Waals surface area contributed by atoms with E-state index in [-0.39, 0.29) is 18.4 Å². The number of aryl methyl sites for hydroxylation is 1. The second-order valence-corrected chi connectivity index (χ2v) is 4.30. The van der Waals surface area contributed by atoms with E-state index in [9.17, 15) is 9.59 Å². The van der Waals surface area contributed by atoms with Gasteiger partial charge in [-0.1, -0.05) is 17.7 Å². The molecule has 1 aliphatic heterocycles. The Hall–Kier alpha value is -1.84. The summed E-state index contributed by atoms with van der Waals surface area (Å²) in [5.41, 5.74) is 1.70. The van der Waals surface area contributed by atoms with E-state index in [1.165, 1.54) is 0 Å². The average Bonchev–Trinajstić information content (AvgIpc) is 2.53. The van der Waals surface area contributed by atoms with Crippen molar-refractivity contribution in [3.8, 4) is 0 Å². The van der Waals surface area contributed by atoms with Gasteiger partial charge < -0.3 is 10.2 Å². The van der Waals surface area contributed by atoms with Crippen molar-refractivity contribution in [3.05, 3.63) is 35.4 Å². The van der Waals surface area contributed by atoms with Crippen LogP contribution >= 0.6 is 0 Å². The molecule has 4 heteroatoms. The van der Waals surface area contributed by atoms with Gasteiger partial charge in [-0.15, -0.1) is 0 Å². The van der Waals surface area contributed by atoms with Gasteiger partial charge >= 0.3 is 0 Å². The molecule has 17 heavy (non-hydrogen) atoms. The molecule has 0 spiro atoms. The zero-order valence-corrected chi connectivity index (χ0v) is 9.90. The van der Waals surface area contributed by atoms with Crippen LogP contribution in [-0.2, 0) is 4.79 Å². The third-order valence-corrected chi connectivity index (χ3v) is 2.81. The lowest BCUT2D eigenvalue weighted by atomic mass is 10.1. The summed E-state index contributed by atoms with van der Waals surface area (Å²) in [6.07, 6.45) is 0.809. The SMILES string of the molecule is Cc1cccc(C(=O)N2CCCNC(=O)C2)c1. The molecule has 1 saturated heterocycles. The Morgan fingerprint density at radius 1 is 1.41 bits per heavy atom. The summed E-state index contributed by atoms with van der Waals surface area (Å²) in [5, 5.41) is 2.76. The van der Waals surface area contributed by atoms with Crippen molar-refractivity contribution < 1.29 is 9.59 Å². The fraction of sp³-hybridized carbons (Fsp3) is 0.385. The number of carbonyl (C=O) groups excluding carboxylic acids is 2.